The molecule has 4 nitrogen and oxygen atoms in total. The molecule has 0 spiro atoms. The molecule has 17 heavy (non-hydrogen) atoms. The van der Waals surface area contributed by atoms with Gasteiger partial charge in [0.2, 0.25) is 5.91 Å². The van der Waals surface area contributed by atoms with E-state index in [0.29, 0.717) is 6.61 Å². The van der Waals surface area contributed by atoms with Crippen molar-refractivity contribution in [3.63, 3.8) is 0 Å². The molecule has 94 valence electrons. The van der Waals surface area contributed by atoms with Gasteiger partial charge in [-0.1, -0.05) is 0 Å². The molecule has 1 rings (SSSR count). The number of rotatable bonds is 6. The Hall–Kier alpha value is -1.71. The molecule has 0 heterocycles. The molecule has 4 heteroatoms. The second kappa shape index (κ2) is 6.78. The van der Waals surface area contributed by atoms with E-state index in [9.17, 15) is 4.79 Å². The smallest absolute Gasteiger partial charge is 0.239 e. The average Bonchev–Trinajstić information content (AvgIpc) is 2.28. The zero-order valence-corrected chi connectivity index (χ0v) is 10.6. The Balaban J connectivity index is 2.39. The highest BCUT2D eigenvalue weighted by Gasteiger charge is 2.02. The maximum absolute atomic E-state index is 11.4. The maximum Gasteiger partial charge on any atom is 0.239 e. The summed E-state index contributed by atoms with van der Waals surface area (Å²) in [6.07, 6.45) is 0. The summed E-state index contributed by atoms with van der Waals surface area (Å²) in [6, 6.07) is 7.73. The number of benzene rings is 1. The van der Waals surface area contributed by atoms with Crippen LogP contribution < -0.4 is 15.4 Å². The molecule has 0 unspecified atom stereocenters. The van der Waals surface area contributed by atoms with E-state index < -0.39 is 0 Å². The van der Waals surface area contributed by atoms with Crippen LogP contribution in [0.25, 0.3) is 0 Å². The summed E-state index contributed by atoms with van der Waals surface area (Å²) in [7, 11) is 0. The highest BCUT2D eigenvalue weighted by Crippen LogP contribution is 2.15. The molecule has 1 amide bonds. The topological polar surface area (TPSA) is 50.4 Å². The normalized spacial score (nSPS) is 10.1. The van der Waals surface area contributed by atoms with Gasteiger partial charge in [-0.2, -0.15) is 0 Å². The third-order valence-electron chi connectivity index (χ3n) is 2.07. The van der Waals surface area contributed by atoms with Crippen molar-refractivity contribution >= 4 is 11.6 Å². The lowest BCUT2D eigenvalue weighted by atomic mass is 10.3. The second-order valence-corrected chi connectivity index (χ2v) is 4.03. The fourth-order valence-corrected chi connectivity index (χ4v) is 1.39. The summed E-state index contributed by atoms with van der Waals surface area (Å²) in [5.74, 6) is 0.832. The monoisotopic (exact) mass is 236 g/mol. The Morgan fingerprint density at radius 1 is 1.29 bits per heavy atom. The first kappa shape index (κ1) is 13.4. The van der Waals surface area contributed by atoms with Crippen LogP contribution in [0.1, 0.15) is 20.8 Å². The molecule has 0 radical (unpaired) electrons. The van der Waals surface area contributed by atoms with Gasteiger partial charge in [0.05, 0.1) is 13.2 Å². The number of anilines is 1. The third kappa shape index (κ3) is 5.24. The van der Waals surface area contributed by atoms with Gasteiger partial charge >= 0.3 is 0 Å². The number of ether oxygens (including phenoxy) is 1. The quantitative estimate of drug-likeness (QED) is 0.794. The van der Waals surface area contributed by atoms with Crippen molar-refractivity contribution in [3.05, 3.63) is 24.3 Å². The van der Waals surface area contributed by atoms with E-state index in [1.807, 2.05) is 45.0 Å². The zero-order chi connectivity index (χ0) is 12.7. The van der Waals surface area contributed by atoms with Crippen LogP contribution in [0.4, 0.5) is 5.69 Å². The van der Waals surface area contributed by atoms with Gasteiger partial charge in [0.15, 0.2) is 0 Å². The molecule has 1 aromatic rings. The van der Waals surface area contributed by atoms with Crippen LogP contribution in [0.15, 0.2) is 24.3 Å². The average molecular weight is 236 g/mol. The minimum absolute atomic E-state index is 0.00566. The van der Waals surface area contributed by atoms with Crippen LogP contribution in [0.3, 0.4) is 0 Å². The minimum atomic E-state index is -0.00566. The first-order valence-corrected chi connectivity index (χ1v) is 5.88. The predicted molar refractivity (Wildman–Crippen MR) is 69.4 cm³/mol. The van der Waals surface area contributed by atoms with Crippen molar-refractivity contribution < 1.29 is 9.53 Å². The zero-order valence-electron chi connectivity index (χ0n) is 10.6. The van der Waals surface area contributed by atoms with E-state index in [1.165, 1.54) is 0 Å². The summed E-state index contributed by atoms with van der Waals surface area (Å²) in [4.78, 5) is 11.4. The van der Waals surface area contributed by atoms with Gasteiger partial charge in [-0.3, -0.25) is 4.79 Å². The SMILES string of the molecule is CCOc1ccc(NCC(=O)NC(C)C)cc1. The Bertz CT molecular complexity index is 347. The fourth-order valence-electron chi connectivity index (χ4n) is 1.39. The Kier molecular flexibility index (Phi) is 5.33. The first-order valence-electron chi connectivity index (χ1n) is 5.88. The molecule has 0 aromatic heterocycles. The van der Waals surface area contributed by atoms with Crippen LogP contribution in [-0.2, 0) is 4.79 Å². The van der Waals surface area contributed by atoms with Crippen molar-refractivity contribution in [1.82, 2.24) is 5.32 Å². The van der Waals surface area contributed by atoms with Crippen molar-refractivity contribution in [2.24, 2.45) is 0 Å². The van der Waals surface area contributed by atoms with Crippen molar-refractivity contribution in [2.75, 3.05) is 18.5 Å². The molecule has 0 aliphatic carbocycles. The predicted octanol–water partition coefficient (Wildman–Crippen LogP) is 2.02. The Labute approximate surface area is 102 Å². The number of hydrogen-bond acceptors (Lipinski definition) is 3. The van der Waals surface area contributed by atoms with Gasteiger partial charge in [-0.25, -0.2) is 0 Å². The molecule has 0 saturated carbocycles. The minimum Gasteiger partial charge on any atom is -0.494 e. The molecule has 0 aliphatic rings. The molecule has 0 saturated heterocycles. The first-order chi connectivity index (χ1) is 8.11. The highest BCUT2D eigenvalue weighted by molar-refractivity contribution is 5.80. The number of carbonyl (C=O) groups excluding carboxylic acids is 1. The number of carbonyl (C=O) groups is 1. The lowest BCUT2D eigenvalue weighted by Gasteiger charge is -2.10. The second-order valence-electron chi connectivity index (χ2n) is 4.03. The van der Waals surface area contributed by atoms with Crippen molar-refractivity contribution in [3.8, 4) is 5.75 Å². The Morgan fingerprint density at radius 2 is 1.94 bits per heavy atom. The molecular weight excluding hydrogens is 216 g/mol. The van der Waals surface area contributed by atoms with E-state index >= 15 is 0 Å². The standard InChI is InChI=1S/C13H20N2O2/c1-4-17-12-7-5-11(6-8-12)14-9-13(16)15-10(2)3/h5-8,10,14H,4,9H2,1-3H3,(H,15,16). The lowest BCUT2D eigenvalue weighted by Crippen LogP contribution is -2.34. The maximum atomic E-state index is 11.4. The van der Waals surface area contributed by atoms with E-state index in [-0.39, 0.29) is 18.5 Å². The molecule has 0 atom stereocenters. The number of amides is 1. The molecule has 0 fully saturated rings. The molecule has 0 aliphatic heterocycles. The van der Waals surface area contributed by atoms with E-state index in [4.69, 9.17) is 4.74 Å². The number of nitrogens with one attached hydrogen (secondary N) is 2. The van der Waals surface area contributed by atoms with Crippen molar-refractivity contribution in [2.45, 2.75) is 26.8 Å². The van der Waals surface area contributed by atoms with Crippen LogP contribution in [0.5, 0.6) is 5.75 Å². The van der Waals surface area contributed by atoms with Gasteiger partial charge < -0.3 is 15.4 Å². The van der Waals surface area contributed by atoms with Gasteiger partial charge in [0.25, 0.3) is 0 Å². The summed E-state index contributed by atoms with van der Waals surface area (Å²) >= 11 is 0. The third-order valence-corrected chi connectivity index (χ3v) is 2.07. The van der Waals surface area contributed by atoms with Gasteiger partial charge in [0.1, 0.15) is 5.75 Å². The Morgan fingerprint density at radius 3 is 2.47 bits per heavy atom. The molecule has 2 N–H and O–H groups in total. The summed E-state index contributed by atoms with van der Waals surface area (Å²) in [6.45, 7) is 6.77. The van der Waals surface area contributed by atoms with Crippen LogP contribution >= 0.6 is 0 Å². The van der Waals surface area contributed by atoms with Crippen molar-refractivity contribution in [1.29, 1.82) is 0 Å². The summed E-state index contributed by atoms with van der Waals surface area (Å²) < 4.78 is 5.33. The van der Waals surface area contributed by atoms with E-state index in [0.717, 1.165) is 11.4 Å². The number of hydrogen-bond donors (Lipinski definition) is 2. The summed E-state index contributed by atoms with van der Waals surface area (Å²) in [5.41, 5.74) is 0.910. The van der Waals surface area contributed by atoms with Crippen LogP contribution in [-0.4, -0.2) is 25.1 Å². The largest absolute Gasteiger partial charge is 0.494 e. The summed E-state index contributed by atoms with van der Waals surface area (Å²) in [5, 5.41) is 5.87. The van der Waals surface area contributed by atoms with E-state index in [1.54, 1.807) is 0 Å². The fraction of sp³-hybridized carbons (Fsp3) is 0.462. The van der Waals surface area contributed by atoms with Gasteiger partial charge in [-0.15, -0.1) is 0 Å². The lowest BCUT2D eigenvalue weighted by molar-refractivity contribution is -0.119. The van der Waals surface area contributed by atoms with Gasteiger partial charge in [0, 0.05) is 11.7 Å². The van der Waals surface area contributed by atoms with Crippen LogP contribution in [0.2, 0.25) is 0 Å². The molecule has 1 aromatic carbocycles. The van der Waals surface area contributed by atoms with Crippen LogP contribution in [0, 0.1) is 0 Å². The molecular formula is C13H20N2O2. The van der Waals surface area contributed by atoms with E-state index in [2.05, 4.69) is 10.6 Å². The highest BCUT2D eigenvalue weighted by atomic mass is 16.5. The molecule has 0 bridgehead atoms. The van der Waals surface area contributed by atoms with Gasteiger partial charge in [-0.05, 0) is 45.0 Å².